The van der Waals surface area contributed by atoms with Crippen LogP contribution in [0.3, 0.4) is 0 Å². The van der Waals surface area contributed by atoms with Crippen LogP contribution in [0.25, 0.3) is 10.6 Å². The van der Waals surface area contributed by atoms with Crippen LogP contribution < -0.4 is 0 Å². The van der Waals surface area contributed by atoms with E-state index in [1.165, 1.54) is 11.3 Å². The van der Waals surface area contributed by atoms with Gasteiger partial charge < -0.3 is 4.42 Å². The second kappa shape index (κ2) is 4.11. The van der Waals surface area contributed by atoms with Gasteiger partial charge in [-0.15, -0.1) is 21.8 Å². The monoisotopic (exact) mass is 228 g/mol. The van der Waals surface area contributed by atoms with E-state index in [2.05, 4.69) is 10.2 Å². The topological polar surface area (TPSA) is 38.9 Å². The predicted molar refractivity (Wildman–Crippen MR) is 56.5 cm³/mol. The third-order valence-electron chi connectivity index (χ3n) is 1.88. The Labute approximate surface area is 90.7 Å². The Balaban J connectivity index is 2.38. The van der Waals surface area contributed by atoms with Crippen molar-refractivity contribution in [3.63, 3.8) is 0 Å². The molecule has 0 amide bonds. The van der Waals surface area contributed by atoms with Gasteiger partial charge >= 0.3 is 0 Å². The van der Waals surface area contributed by atoms with Crippen molar-refractivity contribution in [3.8, 4) is 10.6 Å². The fourth-order valence-corrected chi connectivity index (χ4v) is 2.17. The molecule has 14 heavy (non-hydrogen) atoms. The maximum absolute atomic E-state index is 5.66. The molecule has 0 fully saturated rings. The molecule has 0 radical (unpaired) electrons. The maximum Gasteiger partial charge on any atom is 0.151 e. The van der Waals surface area contributed by atoms with Gasteiger partial charge in [0.2, 0.25) is 0 Å². The molecule has 2 aromatic heterocycles. The summed E-state index contributed by atoms with van der Waals surface area (Å²) >= 11 is 7.17. The summed E-state index contributed by atoms with van der Waals surface area (Å²) in [4.78, 5) is 0. The lowest BCUT2D eigenvalue weighted by Crippen LogP contribution is -1.80. The Hall–Kier alpha value is -0.870. The number of aromatic nitrogens is 2. The smallest absolute Gasteiger partial charge is 0.151 e. The van der Waals surface area contributed by atoms with Crippen LogP contribution in [0.2, 0.25) is 0 Å². The molecule has 74 valence electrons. The van der Waals surface area contributed by atoms with Crippen LogP contribution >= 0.6 is 22.9 Å². The van der Waals surface area contributed by atoms with E-state index in [-0.39, 0.29) is 0 Å². The van der Waals surface area contributed by atoms with Gasteiger partial charge in [0.25, 0.3) is 0 Å². The summed E-state index contributed by atoms with van der Waals surface area (Å²) in [6.07, 6.45) is 2.54. The number of hydrogen-bond acceptors (Lipinski definition) is 4. The second-order valence-corrected chi connectivity index (χ2v) is 4.07. The third kappa shape index (κ3) is 1.67. The number of furan rings is 1. The summed E-state index contributed by atoms with van der Waals surface area (Å²) in [5, 5.41) is 9.74. The maximum atomic E-state index is 5.66. The third-order valence-corrected chi connectivity index (χ3v) is 3.25. The lowest BCUT2D eigenvalue weighted by molar-refractivity contribution is 0.517. The molecule has 3 nitrogen and oxygen atoms in total. The Kier molecular flexibility index (Phi) is 2.84. The summed E-state index contributed by atoms with van der Waals surface area (Å²) in [5.74, 6) is 1.36. The molecule has 0 aliphatic carbocycles. The van der Waals surface area contributed by atoms with Gasteiger partial charge in [-0.25, -0.2) is 0 Å². The highest BCUT2D eigenvalue weighted by molar-refractivity contribution is 7.14. The van der Waals surface area contributed by atoms with Gasteiger partial charge in [0.05, 0.1) is 17.7 Å². The highest BCUT2D eigenvalue weighted by Crippen LogP contribution is 2.28. The van der Waals surface area contributed by atoms with Crippen molar-refractivity contribution in [2.45, 2.75) is 19.2 Å². The molecule has 0 aromatic carbocycles. The van der Waals surface area contributed by atoms with Crippen molar-refractivity contribution in [1.29, 1.82) is 0 Å². The molecule has 0 aliphatic heterocycles. The van der Waals surface area contributed by atoms with Gasteiger partial charge in [0, 0.05) is 6.42 Å². The van der Waals surface area contributed by atoms with Crippen molar-refractivity contribution in [2.24, 2.45) is 0 Å². The fraction of sp³-hybridized carbons (Fsp3) is 0.333. The van der Waals surface area contributed by atoms with Crippen LogP contribution in [0.1, 0.15) is 17.7 Å². The minimum Gasteiger partial charge on any atom is -0.469 e. The highest BCUT2D eigenvalue weighted by Gasteiger charge is 2.11. The lowest BCUT2D eigenvalue weighted by atomic mass is 10.2. The summed E-state index contributed by atoms with van der Waals surface area (Å²) in [6.45, 7) is 2.05. The van der Waals surface area contributed by atoms with E-state index in [1.54, 1.807) is 6.26 Å². The van der Waals surface area contributed by atoms with Crippen LogP contribution in [-0.2, 0) is 12.3 Å². The molecule has 0 spiro atoms. The minimum atomic E-state index is 0.414. The van der Waals surface area contributed by atoms with Crippen molar-refractivity contribution in [1.82, 2.24) is 10.2 Å². The minimum absolute atomic E-state index is 0.414. The van der Waals surface area contributed by atoms with Crippen molar-refractivity contribution in [3.05, 3.63) is 23.1 Å². The number of nitrogens with zero attached hydrogens (tertiary/aromatic N) is 2. The average molecular weight is 229 g/mol. The van der Waals surface area contributed by atoms with Crippen LogP contribution in [0.15, 0.2) is 16.7 Å². The normalized spacial score (nSPS) is 10.7. The van der Waals surface area contributed by atoms with E-state index in [9.17, 15) is 0 Å². The first-order chi connectivity index (χ1) is 6.85. The molecule has 2 heterocycles. The van der Waals surface area contributed by atoms with E-state index >= 15 is 0 Å². The summed E-state index contributed by atoms with van der Waals surface area (Å²) in [6, 6.07) is 1.91. The zero-order chi connectivity index (χ0) is 9.97. The number of rotatable bonds is 3. The van der Waals surface area contributed by atoms with Gasteiger partial charge in [-0.1, -0.05) is 18.3 Å². The molecule has 5 heteroatoms. The Bertz CT molecular complexity index is 424. The molecule has 2 rings (SSSR count). The molecule has 0 unspecified atom stereocenters. The Morgan fingerprint density at radius 3 is 3.00 bits per heavy atom. The van der Waals surface area contributed by atoms with Gasteiger partial charge in [0.1, 0.15) is 10.8 Å². The van der Waals surface area contributed by atoms with Crippen LogP contribution in [0.5, 0.6) is 0 Å². The molecule has 0 saturated carbocycles. The van der Waals surface area contributed by atoms with Gasteiger partial charge in [-0.2, -0.15) is 0 Å². The van der Waals surface area contributed by atoms with E-state index in [1.807, 2.05) is 13.0 Å². The predicted octanol–water partition coefficient (Wildman–Crippen LogP) is 3.10. The second-order valence-electron chi connectivity index (χ2n) is 2.75. The zero-order valence-electron chi connectivity index (χ0n) is 7.66. The Morgan fingerprint density at radius 2 is 2.36 bits per heavy atom. The summed E-state index contributed by atoms with van der Waals surface area (Å²) in [5.41, 5.74) is 1.03. The average Bonchev–Trinajstić information content (AvgIpc) is 2.85. The Morgan fingerprint density at radius 1 is 1.50 bits per heavy atom. The van der Waals surface area contributed by atoms with E-state index in [0.717, 1.165) is 27.8 Å². The van der Waals surface area contributed by atoms with E-state index in [0.29, 0.717) is 5.88 Å². The first-order valence-corrected chi connectivity index (χ1v) is 5.65. The SMILES string of the molecule is CCc1occc1-c1nnc(CCl)s1. The summed E-state index contributed by atoms with van der Waals surface area (Å²) < 4.78 is 5.32. The zero-order valence-corrected chi connectivity index (χ0v) is 9.23. The van der Waals surface area contributed by atoms with Crippen LogP contribution in [0.4, 0.5) is 0 Å². The number of aryl methyl sites for hydroxylation is 1. The number of alkyl halides is 1. The van der Waals surface area contributed by atoms with Crippen LogP contribution in [0, 0.1) is 0 Å². The van der Waals surface area contributed by atoms with Crippen molar-refractivity contribution < 1.29 is 4.42 Å². The van der Waals surface area contributed by atoms with Crippen molar-refractivity contribution >= 4 is 22.9 Å². The molecular formula is C9H9ClN2OS. The molecule has 2 aromatic rings. The van der Waals surface area contributed by atoms with E-state index < -0.39 is 0 Å². The number of halogens is 1. The van der Waals surface area contributed by atoms with Crippen LogP contribution in [-0.4, -0.2) is 10.2 Å². The first kappa shape index (κ1) is 9.68. The van der Waals surface area contributed by atoms with Crippen molar-refractivity contribution in [2.75, 3.05) is 0 Å². The quantitative estimate of drug-likeness (QED) is 0.758. The van der Waals surface area contributed by atoms with Gasteiger partial charge in [0.15, 0.2) is 5.01 Å². The standard InChI is InChI=1S/C9H9ClN2OS/c1-2-7-6(3-4-13-7)9-12-11-8(5-10)14-9/h3-4H,2,5H2,1H3. The summed E-state index contributed by atoms with van der Waals surface area (Å²) in [7, 11) is 0. The first-order valence-electron chi connectivity index (χ1n) is 4.30. The fourth-order valence-electron chi connectivity index (χ4n) is 1.22. The molecule has 0 aliphatic rings. The molecule has 0 saturated heterocycles. The number of hydrogen-bond donors (Lipinski definition) is 0. The molecule has 0 atom stereocenters. The molecular weight excluding hydrogens is 220 g/mol. The lowest BCUT2D eigenvalue weighted by Gasteiger charge is -1.92. The van der Waals surface area contributed by atoms with E-state index in [4.69, 9.17) is 16.0 Å². The van der Waals surface area contributed by atoms with Gasteiger partial charge in [-0.05, 0) is 6.07 Å². The molecule has 0 N–H and O–H groups in total. The highest BCUT2D eigenvalue weighted by atomic mass is 35.5. The van der Waals surface area contributed by atoms with Gasteiger partial charge in [-0.3, -0.25) is 0 Å². The largest absolute Gasteiger partial charge is 0.469 e. The molecule has 0 bridgehead atoms.